The highest BCUT2D eigenvalue weighted by molar-refractivity contribution is 6.15. The van der Waals surface area contributed by atoms with E-state index < -0.39 is 37.1 Å². The third-order valence-corrected chi connectivity index (χ3v) is 27.3. The average molecular weight is 1820 g/mol. The van der Waals surface area contributed by atoms with Gasteiger partial charge in [0, 0.05) is 70.6 Å². The van der Waals surface area contributed by atoms with Crippen molar-refractivity contribution < 1.29 is 69.4 Å². The molecule has 132 heavy (non-hydrogen) atoms. The normalized spacial score (nSPS) is 19.9. The van der Waals surface area contributed by atoms with Crippen molar-refractivity contribution in [3.63, 3.8) is 0 Å². The number of hydrogen-bond acceptors (Lipinski definition) is 20. The lowest BCUT2D eigenvalue weighted by atomic mass is 9.83. The number of carbonyl (C=O) groups excluding carboxylic acids is 3. The van der Waals surface area contributed by atoms with E-state index in [9.17, 15) is 55.2 Å². The highest BCUT2D eigenvalue weighted by Gasteiger charge is 2.38. The van der Waals surface area contributed by atoms with Crippen molar-refractivity contribution in [3.05, 3.63) is 187 Å². The number of nitrogens with two attached hydrogens (primary N) is 1. The van der Waals surface area contributed by atoms with Crippen molar-refractivity contribution in [2.24, 2.45) is 25.7 Å². The Morgan fingerprint density at radius 2 is 0.818 bits per heavy atom. The van der Waals surface area contributed by atoms with Crippen LogP contribution in [0.25, 0.3) is 12.2 Å². The Balaban J connectivity index is 1.07. The first-order valence-corrected chi connectivity index (χ1v) is 51.6. The number of hydrogen-bond donors (Lipinski definition) is 12. The van der Waals surface area contributed by atoms with Crippen molar-refractivity contribution in [2.75, 3.05) is 19.8 Å². The summed E-state index contributed by atoms with van der Waals surface area (Å²) in [5.41, 5.74) is 27.1. The van der Waals surface area contributed by atoms with Crippen molar-refractivity contribution in [2.45, 2.75) is 423 Å². The fourth-order valence-corrected chi connectivity index (χ4v) is 19.9. The number of allylic oxidation sites excluding steroid dienone is 9. The molecule has 0 aliphatic carbocycles. The molecule has 6 atom stereocenters. The number of aromatic nitrogens is 2. The van der Waals surface area contributed by atoms with Gasteiger partial charge in [-0.05, 0) is 239 Å². The molecule has 3 aromatic rings. The maximum absolute atomic E-state index is 14.6. The number of carbonyl (C=O) groups is 3. The van der Waals surface area contributed by atoms with E-state index in [1.165, 1.54) is 16.7 Å². The highest BCUT2D eigenvalue weighted by Crippen LogP contribution is 2.44. The Labute approximate surface area is 788 Å². The minimum Gasteiger partial charge on any atom is -0.465 e. The van der Waals surface area contributed by atoms with E-state index in [-0.39, 0.29) is 61.2 Å². The Morgan fingerprint density at radius 3 is 1.33 bits per heavy atom. The molecule has 10 rings (SSSR count). The van der Waals surface area contributed by atoms with Gasteiger partial charge in [-0.25, -0.2) is 0 Å². The number of aliphatic imine (C=N–C) groups is 4. The number of nitrogens with one attached hydrogen (secondary N) is 3. The molecular weight excluding hydrogens is 1660 g/mol. The van der Waals surface area contributed by atoms with Gasteiger partial charge in [0.05, 0.1) is 80.0 Å². The third kappa shape index (κ3) is 35.4. The monoisotopic (exact) mass is 1820 g/mol. The number of esters is 3. The number of rotatable bonds is 62. The van der Waals surface area contributed by atoms with Crippen LogP contribution in [0, 0.1) is 0 Å². The zero-order chi connectivity index (χ0) is 93.6. The predicted molar refractivity (Wildman–Crippen MR) is 532 cm³/mol. The van der Waals surface area contributed by atoms with Crippen LogP contribution >= 0.6 is 0 Å². The fourth-order valence-electron chi connectivity index (χ4n) is 19.9. The Morgan fingerprint density at radius 1 is 0.409 bits per heavy atom. The number of aromatic amines is 2. The molecule has 726 valence electrons. The molecule has 1 aromatic carbocycles. The molecule has 7 aliphatic heterocycles. The van der Waals surface area contributed by atoms with Gasteiger partial charge in [0.1, 0.15) is 0 Å². The van der Waals surface area contributed by atoms with Crippen LogP contribution in [-0.2, 0) is 28.6 Å². The quantitative estimate of drug-likeness (QED) is 0.0108. The lowest BCUT2D eigenvalue weighted by Crippen LogP contribution is -2.30. The summed E-state index contributed by atoms with van der Waals surface area (Å²) in [5.74, 6) is -1.77. The second-order valence-electron chi connectivity index (χ2n) is 38.0. The third-order valence-electron chi connectivity index (χ3n) is 27.3. The first-order valence-electron chi connectivity index (χ1n) is 51.6. The van der Waals surface area contributed by atoms with Gasteiger partial charge in [-0.2, -0.15) is 0 Å². The number of aliphatic hydroxyl groups excluding tert-OH is 4. The van der Waals surface area contributed by atoms with E-state index in [0.717, 1.165) is 355 Å². The SMILES string of the molecule is CCCCCCCOC(=O)CC1=C(CC(=O)OCCCCCCC)C2=NC1=Cc1ccc([nH]1)C(c1cccc(C3c4ccc([nH]4)C=C4N=C(CC5N=C(/C=C6/C=CC3N6)C(CC(=O)OCCCCCCC)=C5CCCCCCCCC(O)O)C(CCCCCCCCC(O)O)=C4CCCCCCCCC(O)O)c1)C(N)/C=C\C=C\C1=NC(C2)C(C)=C1CCCCCCCCC(O)O. The van der Waals surface area contributed by atoms with Crippen molar-refractivity contribution in [3.8, 4) is 0 Å². The molecule has 0 amide bonds. The standard InChI is InChI=1S/C110H162N8O14/c1-5-8-11-30-43-65-130-106(127)72-87-86(52-36-25-17-21-29-40-58-105(125)126)100-76-99-85(51-35-24-16-20-28-39-57-104(123)124)84(50-34-23-15-19-27-38-56-103(121)122)96(116-99)69-80-60-63-93(113-80)110(94-64-61-82(114-94)70-97(87)117-100)79-48-46-47-78(68-79)109-90(111)53-41-42-54-91-83(49-33-22-14-18-26-37-55-102(119)120)77(4)95(115-91)75-101-89(74-108(129)132-67-45-32-13-10-7-3)88(73-107(128)131-66-44-31-12-9-6-2)98(118-101)71-81-59-62-92(109)112-81/h41-42,46-48,53-54,59-64,68-71,90,94-95,100,102-105,109-110,112-114,119-126H,5-40,43-45,49-52,55-58,65-67,72-76,111H2,1-4H3/b53-41-,54-42+,82-70-,96-69?,98-71?. The van der Waals surface area contributed by atoms with Crippen molar-refractivity contribution in [1.82, 2.24) is 15.3 Å². The lowest BCUT2D eigenvalue weighted by Gasteiger charge is -2.26. The maximum atomic E-state index is 14.6. The highest BCUT2D eigenvalue weighted by atomic mass is 16.5. The van der Waals surface area contributed by atoms with E-state index >= 15 is 0 Å². The van der Waals surface area contributed by atoms with Gasteiger partial charge in [-0.15, -0.1) is 0 Å². The second-order valence-corrected chi connectivity index (χ2v) is 38.0. The number of unbranched alkanes of at least 4 members (excludes halogenated alkanes) is 32. The Kier molecular flexibility index (Phi) is 47.2. The molecule has 14 bridgehead atoms. The summed E-state index contributed by atoms with van der Waals surface area (Å²) in [4.78, 5) is 73.8. The first-order chi connectivity index (χ1) is 64.3. The number of aliphatic hydroxyl groups is 8. The van der Waals surface area contributed by atoms with Crippen molar-refractivity contribution in [1.29, 1.82) is 0 Å². The van der Waals surface area contributed by atoms with Crippen LogP contribution < -0.4 is 11.1 Å². The average Bonchev–Trinajstić information content (AvgIpc) is 1.58. The first kappa shape index (κ1) is 106. The molecule has 22 heteroatoms. The Bertz CT molecular complexity index is 4550. The van der Waals surface area contributed by atoms with Gasteiger partial charge in [0.2, 0.25) is 0 Å². The van der Waals surface area contributed by atoms with E-state index in [2.05, 4.69) is 122 Å². The second kappa shape index (κ2) is 58.9. The Hall–Kier alpha value is -8.29. The smallest absolute Gasteiger partial charge is 0.310 e. The number of fused-ring (bicyclic) bond motifs is 10. The summed E-state index contributed by atoms with van der Waals surface area (Å²) in [6.07, 6.45) is 57.1. The van der Waals surface area contributed by atoms with Crippen LogP contribution in [0.15, 0.2) is 173 Å². The maximum Gasteiger partial charge on any atom is 0.310 e. The molecule has 22 nitrogen and oxygen atoms in total. The van der Waals surface area contributed by atoms with Crippen LogP contribution in [0.2, 0.25) is 0 Å². The molecule has 0 spiro atoms. The molecular formula is C110H162N8O14. The fraction of sp³-hybridized carbons (Fsp3) is 0.627. The van der Waals surface area contributed by atoms with E-state index in [1.807, 2.05) is 24.3 Å². The summed E-state index contributed by atoms with van der Waals surface area (Å²) < 4.78 is 18.3. The van der Waals surface area contributed by atoms with E-state index in [0.29, 0.717) is 80.9 Å². The van der Waals surface area contributed by atoms with Crippen molar-refractivity contribution >= 4 is 52.9 Å². The number of ether oxygens (including phenoxy) is 3. The molecule has 7 aliphatic rings. The number of nitrogens with zero attached hydrogens (tertiary/aromatic N) is 4. The molecule has 13 N–H and O–H groups in total. The molecule has 0 saturated carbocycles. The summed E-state index contributed by atoms with van der Waals surface area (Å²) in [6.45, 7) is 9.70. The zero-order valence-corrected chi connectivity index (χ0v) is 80.4. The predicted octanol–water partition coefficient (Wildman–Crippen LogP) is 22.1. The molecule has 0 saturated heterocycles. The molecule has 0 radical (unpaired) electrons. The van der Waals surface area contributed by atoms with Gasteiger partial charge in [0.15, 0.2) is 25.2 Å². The minimum absolute atomic E-state index is 0.0699. The van der Waals surface area contributed by atoms with Gasteiger partial charge in [-0.3, -0.25) is 34.4 Å². The molecule has 0 fully saturated rings. The van der Waals surface area contributed by atoms with Crippen LogP contribution in [0.3, 0.4) is 0 Å². The largest absolute Gasteiger partial charge is 0.465 e. The summed E-state index contributed by atoms with van der Waals surface area (Å²) >= 11 is 0. The molecule has 9 heterocycles. The molecule has 6 unspecified atom stereocenters. The van der Waals surface area contributed by atoms with Crippen LogP contribution in [0.4, 0.5) is 0 Å². The van der Waals surface area contributed by atoms with Crippen LogP contribution in [-0.4, -0.2) is 161 Å². The lowest BCUT2D eigenvalue weighted by molar-refractivity contribution is -0.144. The molecule has 2 aromatic heterocycles. The van der Waals surface area contributed by atoms with E-state index in [1.54, 1.807) is 0 Å². The van der Waals surface area contributed by atoms with Crippen LogP contribution in [0.5, 0.6) is 0 Å². The zero-order valence-electron chi connectivity index (χ0n) is 80.4. The number of benzene rings is 1. The van der Waals surface area contributed by atoms with E-state index in [4.69, 9.17) is 39.9 Å². The number of H-pyrrole nitrogens is 2. The van der Waals surface area contributed by atoms with Gasteiger partial charge < -0.3 is 76.1 Å². The van der Waals surface area contributed by atoms with Gasteiger partial charge >= 0.3 is 17.9 Å². The summed E-state index contributed by atoms with van der Waals surface area (Å²) in [7, 11) is 0. The summed E-state index contributed by atoms with van der Waals surface area (Å²) in [6, 6.07) is 15.8. The van der Waals surface area contributed by atoms with Gasteiger partial charge in [0.25, 0.3) is 0 Å². The minimum atomic E-state index is -1.30. The van der Waals surface area contributed by atoms with Crippen LogP contribution in [0.1, 0.15) is 407 Å². The topological polar surface area (TPSA) is 360 Å². The van der Waals surface area contributed by atoms with Gasteiger partial charge in [-0.1, -0.05) is 249 Å². The summed E-state index contributed by atoms with van der Waals surface area (Å²) in [5, 5.41) is 80.7.